The highest BCUT2D eigenvalue weighted by Crippen LogP contribution is 2.52. The number of amides is 1. The molecule has 1 aliphatic carbocycles. The standard InChI is InChI=1S/C29H35ClN4OS/c1-19(2)23-8-6-7-9-24(23)34-26(20-10-12-21(30)13-11-20)31-32-27(34)36-16-25(35)33-18-29(5)15-22(33)14-28(3,4)17-29/h6-13,19,22H,14-18H2,1-5H3. The van der Waals surface area contributed by atoms with E-state index in [9.17, 15) is 4.79 Å². The molecule has 2 fully saturated rings. The Morgan fingerprint density at radius 2 is 1.81 bits per heavy atom. The normalized spacial score (nSPS) is 22.9. The topological polar surface area (TPSA) is 51.0 Å². The van der Waals surface area contributed by atoms with Crippen LogP contribution in [0.5, 0.6) is 0 Å². The molecule has 1 saturated carbocycles. The van der Waals surface area contributed by atoms with Gasteiger partial charge >= 0.3 is 0 Å². The number of aromatic nitrogens is 3. The van der Waals surface area contributed by atoms with Gasteiger partial charge in [-0.3, -0.25) is 9.36 Å². The summed E-state index contributed by atoms with van der Waals surface area (Å²) in [5.74, 6) is 1.64. The number of benzene rings is 2. The fourth-order valence-corrected chi connectivity index (χ4v) is 7.46. The van der Waals surface area contributed by atoms with Crippen molar-refractivity contribution in [3.63, 3.8) is 0 Å². The number of nitrogens with zero attached hydrogens (tertiary/aromatic N) is 4. The van der Waals surface area contributed by atoms with Crippen LogP contribution < -0.4 is 0 Å². The third-order valence-corrected chi connectivity index (χ3v) is 8.76. The molecule has 0 radical (unpaired) electrons. The molecule has 2 bridgehead atoms. The van der Waals surface area contributed by atoms with Gasteiger partial charge < -0.3 is 4.90 Å². The average molecular weight is 523 g/mol. The molecule has 3 aromatic rings. The number of hydrogen-bond acceptors (Lipinski definition) is 4. The number of carbonyl (C=O) groups is 1. The third kappa shape index (κ3) is 4.95. The molecule has 2 aliphatic rings. The van der Waals surface area contributed by atoms with Crippen molar-refractivity contribution in [1.29, 1.82) is 0 Å². The number of halogens is 1. The third-order valence-electron chi connectivity index (χ3n) is 7.60. The monoisotopic (exact) mass is 522 g/mol. The highest BCUT2D eigenvalue weighted by atomic mass is 35.5. The smallest absolute Gasteiger partial charge is 0.233 e. The fraction of sp³-hybridized carbons (Fsp3) is 0.483. The van der Waals surface area contributed by atoms with Crippen LogP contribution in [0, 0.1) is 10.8 Å². The Morgan fingerprint density at radius 1 is 1.08 bits per heavy atom. The van der Waals surface area contributed by atoms with Crippen molar-refractivity contribution >= 4 is 29.3 Å². The van der Waals surface area contributed by atoms with Crippen LogP contribution in [0.25, 0.3) is 17.1 Å². The van der Waals surface area contributed by atoms with Gasteiger partial charge in [0.25, 0.3) is 0 Å². The van der Waals surface area contributed by atoms with Crippen molar-refractivity contribution in [3.05, 3.63) is 59.1 Å². The second-order valence-electron chi connectivity index (χ2n) is 11.9. The van der Waals surface area contributed by atoms with Gasteiger partial charge in [-0.05, 0) is 71.9 Å². The summed E-state index contributed by atoms with van der Waals surface area (Å²) in [5, 5.41) is 10.6. The predicted molar refractivity (Wildman–Crippen MR) is 148 cm³/mol. The van der Waals surface area contributed by atoms with Crippen molar-refractivity contribution in [1.82, 2.24) is 19.7 Å². The zero-order chi connectivity index (χ0) is 25.7. The maximum atomic E-state index is 13.5. The Balaban J connectivity index is 1.45. The summed E-state index contributed by atoms with van der Waals surface area (Å²) in [6, 6.07) is 16.4. The number of para-hydroxylation sites is 1. The molecular formula is C29H35ClN4OS. The quantitative estimate of drug-likeness (QED) is 0.320. The van der Waals surface area contributed by atoms with Gasteiger partial charge in [0.2, 0.25) is 5.91 Å². The second kappa shape index (κ2) is 9.53. The lowest BCUT2D eigenvalue weighted by molar-refractivity contribution is -0.129. The summed E-state index contributed by atoms with van der Waals surface area (Å²) < 4.78 is 2.10. The molecule has 1 saturated heterocycles. The summed E-state index contributed by atoms with van der Waals surface area (Å²) in [6.07, 6.45) is 3.38. The molecule has 2 heterocycles. The van der Waals surface area contributed by atoms with E-state index in [1.54, 1.807) is 0 Å². The molecule has 0 spiro atoms. The van der Waals surface area contributed by atoms with Crippen LogP contribution in [0.4, 0.5) is 0 Å². The van der Waals surface area contributed by atoms with Crippen LogP contribution >= 0.6 is 23.4 Å². The first-order chi connectivity index (χ1) is 17.1. The molecule has 36 heavy (non-hydrogen) atoms. The Kier molecular flexibility index (Phi) is 6.71. The molecule has 2 unspecified atom stereocenters. The van der Waals surface area contributed by atoms with E-state index in [4.69, 9.17) is 11.6 Å². The summed E-state index contributed by atoms with van der Waals surface area (Å²) >= 11 is 7.63. The van der Waals surface area contributed by atoms with E-state index in [1.807, 2.05) is 30.3 Å². The first kappa shape index (κ1) is 25.3. The molecular weight excluding hydrogens is 488 g/mol. The van der Waals surface area contributed by atoms with Gasteiger partial charge in [0.05, 0.1) is 11.4 Å². The van der Waals surface area contributed by atoms with Crippen molar-refractivity contribution in [2.45, 2.75) is 71.0 Å². The van der Waals surface area contributed by atoms with Gasteiger partial charge in [-0.15, -0.1) is 10.2 Å². The lowest BCUT2D eigenvalue weighted by Crippen LogP contribution is -2.38. The fourth-order valence-electron chi connectivity index (χ4n) is 6.51. The Bertz CT molecular complexity index is 1270. The Labute approximate surface area is 223 Å². The maximum Gasteiger partial charge on any atom is 0.233 e. The van der Waals surface area contributed by atoms with Crippen molar-refractivity contribution in [2.75, 3.05) is 12.3 Å². The number of likely N-dealkylation sites (tertiary alicyclic amines) is 1. The summed E-state index contributed by atoms with van der Waals surface area (Å²) in [4.78, 5) is 15.6. The van der Waals surface area contributed by atoms with E-state index >= 15 is 0 Å². The lowest BCUT2D eigenvalue weighted by atomic mass is 9.65. The number of thioether (sulfide) groups is 1. The Hall–Kier alpha value is -2.31. The highest BCUT2D eigenvalue weighted by Gasteiger charge is 2.50. The van der Waals surface area contributed by atoms with E-state index in [0.29, 0.717) is 22.7 Å². The first-order valence-electron chi connectivity index (χ1n) is 12.8. The lowest BCUT2D eigenvalue weighted by Gasteiger charge is -2.39. The second-order valence-corrected chi connectivity index (χ2v) is 13.3. The minimum atomic E-state index is 0.200. The SMILES string of the molecule is CC(C)c1ccccc1-n1c(SCC(=O)N2CC3(C)CC2CC(C)(C)C3)nnc1-c1ccc(Cl)cc1. The minimum Gasteiger partial charge on any atom is -0.338 e. The average Bonchev–Trinajstić information content (AvgIpc) is 3.34. The van der Waals surface area contributed by atoms with Gasteiger partial charge in [0.15, 0.2) is 11.0 Å². The summed E-state index contributed by atoms with van der Waals surface area (Å²) in [7, 11) is 0. The summed E-state index contributed by atoms with van der Waals surface area (Å²) in [6.45, 7) is 12.3. The molecule has 1 aliphatic heterocycles. The van der Waals surface area contributed by atoms with Crippen molar-refractivity contribution < 1.29 is 4.79 Å². The molecule has 7 heteroatoms. The van der Waals surface area contributed by atoms with Crippen LogP contribution in [-0.4, -0.2) is 43.9 Å². The van der Waals surface area contributed by atoms with Crippen LogP contribution in [0.2, 0.25) is 5.02 Å². The molecule has 2 atom stereocenters. The van der Waals surface area contributed by atoms with Gasteiger partial charge in [-0.2, -0.15) is 0 Å². The van der Waals surface area contributed by atoms with Gasteiger partial charge in [-0.1, -0.05) is 76.2 Å². The van der Waals surface area contributed by atoms with Crippen LogP contribution in [0.3, 0.4) is 0 Å². The zero-order valence-electron chi connectivity index (χ0n) is 21.8. The molecule has 1 amide bonds. The van der Waals surface area contributed by atoms with Crippen LogP contribution in [0.1, 0.15) is 65.4 Å². The van der Waals surface area contributed by atoms with E-state index in [2.05, 4.69) is 72.5 Å². The number of rotatable bonds is 6. The van der Waals surface area contributed by atoms with Gasteiger partial charge in [0, 0.05) is 23.2 Å². The molecule has 0 N–H and O–H groups in total. The maximum absolute atomic E-state index is 13.5. The largest absolute Gasteiger partial charge is 0.338 e. The first-order valence-corrected chi connectivity index (χ1v) is 14.1. The number of carbonyl (C=O) groups excluding carboxylic acids is 1. The van der Waals surface area contributed by atoms with Crippen molar-refractivity contribution in [2.24, 2.45) is 10.8 Å². The van der Waals surface area contributed by atoms with Crippen LogP contribution in [-0.2, 0) is 4.79 Å². The highest BCUT2D eigenvalue weighted by molar-refractivity contribution is 7.99. The van der Waals surface area contributed by atoms with Crippen molar-refractivity contribution in [3.8, 4) is 17.1 Å². The molecule has 5 rings (SSSR count). The molecule has 1 aromatic heterocycles. The van der Waals surface area contributed by atoms with E-state index in [1.165, 1.54) is 23.7 Å². The minimum absolute atomic E-state index is 0.200. The summed E-state index contributed by atoms with van der Waals surface area (Å²) in [5.41, 5.74) is 3.71. The van der Waals surface area contributed by atoms with E-state index < -0.39 is 0 Å². The van der Waals surface area contributed by atoms with Crippen LogP contribution in [0.15, 0.2) is 53.7 Å². The number of hydrogen-bond donors (Lipinski definition) is 0. The predicted octanol–water partition coefficient (Wildman–Crippen LogP) is 7.23. The molecule has 5 nitrogen and oxygen atoms in total. The van der Waals surface area contributed by atoms with E-state index in [-0.39, 0.29) is 16.7 Å². The van der Waals surface area contributed by atoms with Gasteiger partial charge in [-0.25, -0.2) is 0 Å². The van der Waals surface area contributed by atoms with E-state index in [0.717, 1.165) is 41.6 Å². The zero-order valence-corrected chi connectivity index (χ0v) is 23.4. The number of fused-ring (bicyclic) bond motifs is 2. The Morgan fingerprint density at radius 3 is 2.53 bits per heavy atom. The molecule has 190 valence electrons. The van der Waals surface area contributed by atoms with Gasteiger partial charge in [0.1, 0.15) is 0 Å². The molecule has 2 aromatic carbocycles.